The van der Waals surface area contributed by atoms with Crippen LogP contribution in [0.2, 0.25) is 0 Å². The summed E-state index contributed by atoms with van der Waals surface area (Å²) < 4.78 is 0. The van der Waals surface area contributed by atoms with Crippen LogP contribution in [-0.2, 0) is 0 Å². The van der Waals surface area contributed by atoms with Gasteiger partial charge in [0.1, 0.15) is 0 Å². The van der Waals surface area contributed by atoms with Crippen LogP contribution in [0.1, 0.15) is 39.0 Å². The van der Waals surface area contributed by atoms with Crippen molar-refractivity contribution in [2.24, 2.45) is 5.41 Å². The Labute approximate surface area is 87.0 Å². The highest BCUT2D eigenvalue weighted by Crippen LogP contribution is 2.42. The summed E-state index contributed by atoms with van der Waals surface area (Å²) in [4.78, 5) is 2.77. The van der Waals surface area contributed by atoms with Gasteiger partial charge >= 0.3 is 0 Å². The molecule has 4 fully saturated rings. The molecule has 2 atom stereocenters. The van der Waals surface area contributed by atoms with Gasteiger partial charge in [-0.15, -0.1) is 0 Å². The number of rotatable bonds is 2. The summed E-state index contributed by atoms with van der Waals surface area (Å²) in [6.07, 6.45) is 7.25. The quantitative estimate of drug-likeness (QED) is 0.718. The molecule has 80 valence electrons. The van der Waals surface area contributed by atoms with Gasteiger partial charge in [-0.05, 0) is 31.1 Å². The highest BCUT2D eigenvalue weighted by Gasteiger charge is 2.39. The zero-order valence-corrected chi connectivity index (χ0v) is 9.26. The number of hydrogen-bond acceptors (Lipinski definition) is 2. The van der Waals surface area contributed by atoms with Crippen LogP contribution in [0.15, 0.2) is 0 Å². The molecule has 3 heterocycles. The molecule has 2 unspecified atom stereocenters. The zero-order valence-electron chi connectivity index (χ0n) is 9.26. The first-order chi connectivity index (χ1) is 6.75. The summed E-state index contributed by atoms with van der Waals surface area (Å²) in [5.74, 6) is 0. The van der Waals surface area contributed by atoms with Crippen LogP contribution >= 0.6 is 0 Å². The van der Waals surface area contributed by atoms with Crippen molar-refractivity contribution in [3.63, 3.8) is 0 Å². The fraction of sp³-hybridized carbons (Fsp3) is 1.00. The third-order valence-corrected chi connectivity index (χ3v) is 4.61. The molecule has 4 rings (SSSR count). The fourth-order valence-electron chi connectivity index (χ4n) is 3.42. The third kappa shape index (κ3) is 1.49. The minimum Gasteiger partial charge on any atom is -0.311 e. The molecule has 3 aliphatic heterocycles. The number of piperidine rings is 2. The Kier molecular flexibility index (Phi) is 2.10. The van der Waals surface area contributed by atoms with Gasteiger partial charge in [-0.25, -0.2) is 0 Å². The smallest absolute Gasteiger partial charge is 0.0222 e. The third-order valence-electron chi connectivity index (χ3n) is 4.61. The van der Waals surface area contributed by atoms with E-state index in [1.807, 2.05) is 0 Å². The van der Waals surface area contributed by atoms with Crippen molar-refractivity contribution >= 4 is 0 Å². The Morgan fingerprint density at radius 3 is 2.64 bits per heavy atom. The summed E-state index contributed by atoms with van der Waals surface area (Å²) in [6, 6.07) is 1.67. The molecule has 1 aliphatic carbocycles. The summed E-state index contributed by atoms with van der Waals surface area (Å²) in [6.45, 7) is 6.42. The summed E-state index contributed by atoms with van der Waals surface area (Å²) in [5, 5.41) is 3.63. The van der Waals surface area contributed by atoms with Crippen LogP contribution in [0.4, 0.5) is 0 Å². The Balaban J connectivity index is 1.62. The maximum absolute atomic E-state index is 3.63. The molecular formula is C12H22N2. The lowest BCUT2D eigenvalue weighted by atomic mass is 9.69. The molecule has 0 aromatic rings. The minimum absolute atomic E-state index is 0.678. The first kappa shape index (κ1) is 9.17. The van der Waals surface area contributed by atoms with E-state index in [9.17, 15) is 0 Å². The van der Waals surface area contributed by atoms with Gasteiger partial charge in [-0.1, -0.05) is 13.3 Å². The summed E-state index contributed by atoms with van der Waals surface area (Å²) in [7, 11) is 0. The second kappa shape index (κ2) is 3.21. The van der Waals surface area contributed by atoms with E-state index in [0.29, 0.717) is 5.41 Å². The number of hydrogen-bond donors (Lipinski definition) is 1. The topological polar surface area (TPSA) is 15.3 Å². The molecule has 2 heteroatoms. The first-order valence-corrected chi connectivity index (χ1v) is 6.23. The summed E-state index contributed by atoms with van der Waals surface area (Å²) in [5.41, 5.74) is 0.678. The lowest BCUT2D eigenvalue weighted by Crippen LogP contribution is -2.62. The van der Waals surface area contributed by atoms with E-state index < -0.39 is 0 Å². The van der Waals surface area contributed by atoms with Gasteiger partial charge in [0.2, 0.25) is 0 Å². The number of piperazine rings is 1. The largest absolute Gasteiger partial charge is 0.311 e. The molecule has 0 radical (unpaired) electrons. The zero-order chi connectivity index (χ0) is 9.60. The molecular weight excluding hydrogens is 172 g/mol. The number of nitrogens with one attached hydrogen (secondary N) is 1. The fourth-order valence-corrected chi connectivity index (χ4v) is 3.42. The van der Waals surface area contributed by atoms with Crippen molar-refractivity contribution in [1.29, 1.82) is 0 Å². The molecule has 4 aliphatic rings. The molecule has 0 aromatic carbocycles. The van der Waals surface area contributed by atoms with Crippen molar-refractivity contribution in [1.82, 2.24) is 10.2 Å². The van der Waals surface area contributed by atoms with Crippen LogP contribution in [0.25, 0.3) is 0 Å². The second-order valence-electron chi connectivity index (χ2n) is 5.93. The lowest BCUT2D eigenvalue weighted by Gasteiger charge is -2.51. The molecule has 0 aromatic heterocycles. The Hall–Kier alpha value is -0.0800. The molecule has 0 amide bonds. The van der Waals surface area contributed by atoms with Gasteiger partial charge in [0, 0.05) is 31.7 Å². The Bertz CT molecular complexity index is 214. The minimum atomic E-state index is 0.678. The van der Waals surface area contributed by atoms with Gasteiger partial charge in [0.25, 0.3) is 0 Å². The first-order valence-electron chi connectivity index (χ1n) is 6.23. The van der Waals surface area contributed by atoms with E-state index in [-0.39, 0.29) is 0 Å². The van der Waals surface area contributed by atoms with E-state index in [0.717, 1.165) is 12.1 Å². The van der Waals surface area contributed by atoms with Gasteiger partial charge in [0.15, 0.2) is 0 Å². The molecule has 2 bridgehead atoms. The average molecular weight is 194 g/mol. The van der Waals surface area contributed by atoms with Gasteiger partial charge in [-0.2, -0.15) is 0 Å². The van der Waals surface area contributed by atoms with Crippen molar-refractivity contribution in [3.05, 3.63) is 0 Å². The van der Waals surface area contributed by atoms with E-state index in [2.05, 4.69) is 17.1 Å². The van der Waals surface area contributed by atoms with E-state index in [1.165, 1.54) is 51.7 Å². The van der Waals surface area contributed by atoms with Crippen LogP contribution in [0, 0.1) is 5.41 Å². The molecule has 14 heavy (non-hydrogen) atoms. The average Bonchev–Trinajstić information content (AvgIpc) is 2.17. The molecule has 2 nitrogen and oxygen atoms in total. The van der Waals surface area contributed by atoms with Crippen LogP contribution in [-0.4, -0.2) is 36.6 Å². The van der Waals surface area contributed by atoms with Gasteiger partial charge in [-0.3, -0.25) is 4.90 Å². The van der Waals surface area contributed by atoms with Gasteiger partial charge < -0.3 is 5.32 Å². The monoisotopic (exact) mass is 194 g/mol. The number of nitrogens with zero attached hydrogens (tertiary/aromatic N) is 1. The predicted molar refractivity (Wildman–Crippen MR) is 58.3 cm³/mol. The second-order valence-corrected chi connectivity index (χ2v) is 5.93. The SMILES string of the molecule is CC1(CN2CC3CCC2CN3)CCC1. The van der Waals surface area contributed by atoms with E-state index in [4.69, 9.17) is 0 Å². The molecule has 1 saturated carbocycles. The van der Waals surface area contributed by atoms with Gasteiger partial charge in [0.05, 0.1) is 0 Å². The van der Waals surface area contributed by atoms with Crippen molar-refractivity contribution in [2.45, 2.75) is 51.1 Å². The van der Waals surface area contributed by atoms with Crippen molar-refractivity contribution < 1.29 is 0 Å². The van der Waals surface area contributed by atoms with Crippen LogP contribution < -0.4 is 5.32 Å². The maximum Gasteiger partial charge on any atom is 0.0222 e. The number of fused-ring (bicyclic) bond motifs is 3. The highest BCUT2D eigenvalue weighted by molar-refractivity contribution is 4.96. The van der Waals surface area contributed by atoms with Crippen LogP contribution in [0.5, 0.6) is 0 Å². The predicted octanol–water partition coefficient (Wildman–Crippen LogP) is 1.61. The van der Waals surface area contributed by atoms with Crippen molar-refractivity contribution in [3.8, 4) is 0 Å². The highest BCUT2D eigenvalue weighted by atomic mass is 15.3. The summed E-state index contributed by atoms with van der Waals surface area (Å²) >= 11 is 0. The Morgan fingerprint density at radius 1 is 1.36 bits per heavy atom. The molecule has 1 N–H and O–H groups in total. The van der Waals surface area contributed by atoms with Crippen molar-refractivity contribution in [2.75, 3.05) is 19.6 Å². The normalized spacial score (nSPS) is 40.9. The Morgan fingerprint density at radius 2 is 2.21 bits per heavy atom. The molecule has 0 spiro atoms. The van der Waals surface area contributed by atoms with E-state index >= 15 is 0 Å². The van der Waals surface area contributed by atoms with E-state index in [1.54, 1.807) is 0 Å². The maximum atomic E-state index is 3.63. The van der Waals surface area contributed by atoms with Crippen LogP contribution in [0.3, 0.4) is 0 Å². The lowest BCUT2D eigenvalue weighted by molar-refractivity contribution is 0.00914. The molecule has 3 saturated heterocycles. The standard InChI is InChI=1S/C12H22N2/c1-12(5-2-6-12)9-14-8-10-3-4-11(14)7-13-10/h10-11,13H,2-9H2,1H3.